The second-order valence-electron chi connectivity index (χ2n) is 4.34. The summed E-state index contributed by atoms with van der Waals surface area (Å²) in [7, 11) is 0. The molecule has 1 atom stereocenters. The van der Waals surface area contributed by atoms with Gasteiger partial charge in [-0.15, -0.1) is 0 Å². The molecule has 0 aromatic heterocycles. The third-order valence-corrected chi connectivity index (χ3v) is 3.35. The van der Waals surface area contributed by atoms with Gasteiger partial charge in [-0.3, -0.25) is 14.9 Å². The smallest absolute Gasteiger partial charge is 0.270 e. The van der Waals surface area contributed by atoms with Gasteiger partial charge in [-0.1, -0.05) is 11.6 Å². The summed E-state index contributed by atoms with van der Waals surface area (Å²) >= 11 is 5.96. The van der Waals surface area contributed by atoms with Gasteiger partial charge in [0.25, 0.3) is 11.6 Å². The topological polar surface area (TPSA) is 72.7 Å². The van der Waals surface area contributed by atoms with Gasteiger partial charge in [0.05, 0.1) is 34.8 Å². The first kappa shape index (κ1) is 13.8. The molecule has 1 heterocycles. The summed E-state index contributed by atoms with van der Waals surface area (Å²) < 4.78 is 5.26. The zero-order chi connectivity index (χ0) is 14.0. The van der Waals surface area contributed by atoms with E-state index in [9.17, 15) is 14.9 Å². The van der Waals surface area contributed by atoms with Crippen LogP contribution in [0.5, 0.6) is 0 Å². The van der Waals surface area contributed by atoms with Crippen molar-refractivity contribution in [2.45, 2.75) is 13.0 Å². The molecule has 1 aromatic carbocycles. The number of non-ortho nitro benzene ring substituents is 1. The Balaban J connectivity index is 2.32. The van der Waals surface area contributed by atoms with Gasteiger partial charge in [0, 0.05) is 18.7 Å². The predicted octanol–water partition coefficient (Wildman–Crippen LogP) is 2.11. The number of nitrogens with zero attached hydrogens (tertiary/aromatic N) is 2. The van der Waals surface area contributed by atoms with Gasteiger partial charge < -0.3 is 9.64 Å². The fourth-order valence-corrected chi connectivity index (χ4v) is 2.17. The number of benzene rings is 1. The van der Waals surface area contributed by atoms with E-state index in [4.69, 9.17) is 16.3 Å². The SMILES string of the molecule is CC1COCCN1C(=O)c1cc([N+](=O)[O-])ccc1Cl. The number of ether oxygens (including phenoxy) is 1. The normalized spacial score (nSPS) is 19.3. The number of nitro benzene ring substituents is 1. The summed E-state index contributed by atoms with van der Waals surface area (Å²) in [5.74, 6) is -0.301. The largest absolute Gasteiger partial charge is 0.377 e. The number of halogens is 1. The minimum Gasteiger partial charge on any atom is -0.377 e. The van der Waals surface area contributed by atoms with E-state index >= 15 is 0 Å². The highest BCUT2D eigenvalue weighted by atomic mass is 35.5. The molecule has 1 fully saturated rings. The Morgan fingerprint density at radius 1 is 1.58 bits per heavy atom. The second kappa shape index (κ2) is 5.54. The molecule has 0 aliphatic carbocycles. The molecule has 0 bridgehead atoms. The van der Waals surface area contributed by atoms with Crippen molar-refractivity contribution in [1.82, 2.24) is 4.90 Å². The van der Waals surface area contributed by atoms with E-state index < -0.39 is 4.92 Å². The second-order valence-corrected chi connectivity index (χ2v) is 4.75. The lowest BCUT2D eigenvalue weighted by Crippen LogP contribution is -2.47. The molecule has 0 spiro atoms. The summed E-state index contributed by atoms with van der Waals surface area (Å²) in [6, 6.07) is 3.80. The Morgan fingerprint density at radius 3 is 2.95 bits per heavy atom. The molecule has 1 amide bonds. The first-order valence-corrected chi connectivity index (χ1v) is 6.21. The number of carbonyl (C=O) groups excluding carboxylic acids is 1. The van der Waals surface area contributed by atoms with Gasteiger partial charge >= 0.3 is 0 Å². The van der Waals surface area contributed by atoms with E-state index in [2.05, 4.69) is 0 Å². The van der Waals surface area contributed by atoms with Crippen molar-refractivity contribution in [2.24, 2.45) is 0 Å². The van der Waals surface area contributed by atoms with Crippen LogP contribution in [0.1, 0.15) is 17.3 Å². The molecule has 1 aromatic rings. The first-order chi connectivity index (χ1) is 9.00. The summed E-state index contributed by atoms with van der Waals surface area (Å²) in [5, 5.41) is 11.0. The lowest BCUT2D eigenvalue weighted by atomic mass is 10.1. The molecule has 2 rings (SSSR count). The molecule has 7 heteroatoms. The zero-order valence-corrected chi connectivity index (χ0v) is 11.1. The summed E-state index contributed by atoms with van der Waals surface area (Å²) in [4.78, 5) is 24.2. The number of rotatable bonds is 2. The quantitative estimate of drug-likeness (QED) is 0.616. The van der Waals surface area contributed by atoms with E-state index in [1.807, 2.05) is 6.92 Å². The molecule has 19 heavy (non-hydrogen) atoms. The predicted molar refractivity (Wildman–Crippen MR) is 69.4 cm³/mol. The van der Waals surface area contributed by atoms with Gasteiger partial charge in [0.2, 0.25) is 0 Å². The van der Waals surface area contributed by atoms with Crippen LogP contribution in [0.15, 0.2) is 18.2 Å². The standard InChI is InChI=1S/C12H13ClN2O4/c1-8-7-19-5-4-14(8)12(16)10-6-9(15(17)18)2-3-11(10)13/h2-3,6,8H,4-5,7H2,1H3. The van der Waals surface area contributed by atoms with Crippen LogP contribution < -0.4 is 0 Å². The molecule has 1 saturated heterocycles. The summed E-state index contributed by atoms with van der Waals surface area (Å²) in [6.07, 6.45) is 0. The number of carbonyl (C=O) groups is 1. The van der Waals surface area contributed by atoms with Crippen LogP contribution in [-0.2, 0) is 4.74 Å². The zero-order valence-electron chi connectivity index (χ0n) is 10.3. The molecule has 6 nitrogen and oxygen atoms in total. The summed E-state index contributed by atoms with van der Waals surface area (Å²) in [6.45, 7) is 3.24. The van der Waals surface area contributed by atoms with Crippen LogP contribution >= 0.6 is 11.6 Å². The van der Waals surface area contributed by atoms with Crippen molar-refractivity contribution in [3.63, 3.8) is 0 Å². The van der Waals surface area contributed by atoms with Crippen LogP contribution in [0.4, 0.5) is 5.69 Å². The van der Waals surface area contributed by atoms with Crippen LogP contribution in [0, 0.1) is 10.1 Å². The Morgan fingerprint density at radius 2 is 2.32 bits per heavy atom. The van der Waals surface area contributed by atoms with Crippen LogP contribution in [0.25, 0.3) is 0 Å². The van der Waals surface area contributed by atoms with Gasteiger partial charge in [-0.05, 0) is 13.0 Å². The molecule has 1 unspecified atom stereocenters. The van der Waals surface area contributed by atoms with E-state index in [0.29, 0.717) is 19.8 Å². The monoisotopic (exact) mass is 284 g/mol. The molecular formula is C12H13ClN2O4. The van der Waals surface area contributed by atoms with Crippen LogP contribution in [0.3, 0.4) is 0 Å². The maximum atomic E-state index is 12.4. The molecular weight excluding hydrogens is 272 g/mol. The van der Waals surface area contributed by atoms with E-state index in [0.717, 1.165) is 0 Å². The third-order valence-electron chi connectivity index (χ3n) is 3.02. The number of nitro groups is 1. The lowest BCUT2D eigenvalue weighted by Gasteiger charge is -2.33. The number of hydrogen-bond acceptors (Lipinski definition) is 4. The highest BCUT2D eigenvalue weighted by Crippen LogP contribution is 2.24. The molecule has 102 valence electrons. The first-order valence-electron chi connectivity index (χ1n) is 5.83. The number of morpholine rings is 1. The van der Waals surface area contributed by atoms with Gasteiger partial charge in [-0.25, -0.2) is 0 Å². The van der Waals surface area contributed by atoms with Crippen LogP contribution in [0.2, 0.25) is 5.02 Å². The molecule has 1 aliphatic heterocycles. The van der Waals surface area contributed by atoms with Gasteiger partial charge in [-0.2, -0.15) is 0 Å². The highest BCUT2D eigenvalue weighted by molar-refractivity contribution is 6.33. The molecule has 0 saturated carbocycles. The lowest BCUT2D eigenvalue weighted by molar-refractivity contribution is -0.384. The molecule has 0 N–H and O–H groups in total. The fourth-order valence-electron chi connectivity index (χ4n) is 1.97. The van der Waals surface area contributed by atoms with E-state index in [-0.39, 0.29) is 28.2 Å². The Labute approximate surface area is 115 Å². The fraction of sp³-hybridized carbons (Fsp3) is 0.417. The van der Waals surface area contributed by atoms with E-state index in [1.54, 1.807) is 4.90 Å². The van der Waals surface area contributed by atoms with Crippen molar-refractivity contribution < 1.29 is 14.5 Å². The van der Waals surface area contributed by atoms with Gasteiger partial charge in [0.15, 0.2) is 0 Å². The van der Waals surface area contributed by atoms with Crippen molar-refractivity contribution in [2.75, 3.05) is 19.8 Å². The molecule has 1 aliphatic rings. The Hall–Kier alpha value is -1.66. The van der Waals surface area contributed by atoms with Crippen molar-refractivity contribution in [3.8, 4) is 0 Å². The van der Waals surface area contributed by atoms with Crippen molar-refractivity contribution >= 4 is 23.2 Å². The maximum absolute atomic E-state index is 12.4. The summed E-state index contributed by atoms with van der Waals surface area (Å²) in [5.41, 5.74) is 0.0123. The minimum absolute atomic E-state index is 0.0726. The van der Waals surface area contributed by atoms with Crippen LogP contribution in [-0.4, -0.2) is 41.5 Å². The third kappa shape index (κ3) is 2.85. The van der Waals surface area contributed by atoms with Crippen molar-refractivity contribution in [1.29, 1.82) is 0 Å². The highest BCUT2D eigenvalue weighted by Gasteiger charge is 2.27. The van der Waals surface area contributed by atoms with E-state index in [1.165, 1.54) is 18.2 Å². The average molecular weight is 285 g/mol. The number of amides is 1. The number of hydrogen-bond donors (Lipinski definition) is 0. The molecule has 0 radical (unpaired) electrons. The minimum atomic E-state index is -0.546. The maximum Gasteiger partial charge on any atom is 0.270 e. The Bertz CT molecular complexity index is 520. The average Bonchev–Trinajstić information content (AvgIpc) is 2.38. The Kier molecular flexibility index (Phi) is 4.01. The van der Waals surface area contributed by atoms with Gasteiger partial charge in [0.1, 0.15) is 0 Å². The van der Waals surface area contributed by atoms with Crippen molar-refractivity contribution in [3.05, 3.63) is 38.9 Å².